The van der Waals surface area contributed by atoms with Crippen LogP contribution in [0.3, 0.4) is 0 Å². The molecule has 11 heteroatoms. The Labute approximate surface area is 218 Å². The molecule has 4 rings (SSSR count). The second-order valence-corrected chi connectivity index (χ2v) is 9.73. The minimum atomic E-state index is -0.904. The van der Waals surface area contributed by atoms with Crippen LogP contribution in [0, 0.1) is 0 Å². The number of carbonyl (C=O) groups is 2. The Balaban J connectivity index is 1.39. The molecule has 0 aliphatic carbocycles. The summed E-state index contributed by atoms with van der Waals surface area (Å²) in [5, 5.41) is 28.3. The summed E-state index contributed by atoms with van der Waals surface area (Å²) in [4.78, 5) is 26.7. The molecular formula is C26H30N4O6S. The predicted molar refractivity (Wildman–Crippen MR) is 135 cm³/mol. The fourth-order valence-corrected chi connectivity index (χ4v) is 4.74. The molecule has 4 N–H and O–H groups in total. The number of hydrogen-bond acceptors (Lipinski definition) is 8. The number of carboxylic acid groups (broad SMARTS) is 1. The van der Waals surface area contributed by atoms with Gasteiger partial charge in [-0.3, -0.25) is 14.7 Å². The molecule has 0 bridgehead atoms. The van der Waals surface area contributed by atoms with Gasteiger partial charge >= 0.3 is 5.97 Å². The van der Waals surface area contributed by atoms with E-state index in [1.165, 1.54) is 18.1 Å². The highest BCUT2D eigenvalue weighted by molar-refractivity contribution is 7.99. The average Bonchev–Trinajstić information content (AvgIpc) is 3.44. The van der Waals surface area contributed by atoms with Gasteiger partial charge in [-0.1, -0.05) is 60.3 Å². The van der Waals surface area contributed by atoms with Gasteiger partial charge < -0.3 is 25.0 Å². The predicted octanol–water partition coefficient (Wildman–Crippen LogP) is 3.51. The fourth-order valence-electron chi connectivity index (χ4n) is 3.94. The van der Waals surface area contributed by atoms with Crippen molar-refractivity contribution in [3.63, 3.8) is 0 Å². The van der Waals surface area contributed by atoms with Crippen molar-refractivity contribution in [1.29, 1.82) is 0 Å². The molecule has 3 atom stereocenters. The lowest BCUT2D eigenvalue weighted by Gasteiger charge is -2.36. The number of H-pyrrole nitrogens is 1. The third kappa shape index (κ3) is 8.12. The van der Waals surface area contributed by atoms with Gasteiger partial charge in [0, 0.05) is 37.1 Å². The quantitative estimate of drug-likeness (QED) is 0.260. The van der Waals surface area contributed by atoms with E-state index in [2.05, 4.69) is 20.5 Å². The van der Waals surface area contributed by atoms with E-state index in [9.17, 15) is 14.7 Å². The molecule has 37 heavy (non-hydrogen) atoms. The highest BCUT2D eigenvalue weighted by Gasteiger charge is 2.32. The SMILES string of the molecule is O=C(O)CCCC(=O)NCc1ccc([C@@H]2O[C@H](CSc3ncn[nH]3)C[C@H](c3ccc(CO)cc3)O2)cc1. The van der Waals surface area contributed by atoms with E-state index in [4.69, 9.17) is 14.6 Å². The van der Waals surface area contributed by atoms with Crippen LogP contribution in [0.25, 0.3) is 0 Å². The molecule has 1 aliphatic heterocycles. The lowest BCUT2D eigenvalue weighted by atomic mass is 10.0. The number of carbonyl (C=O) groups excluding carboxylic acids is 1. The molecule has 1 aromatic heterocycles. The molecule has 0 spiro atoms. The first-order chi connectivity index (χ1) is 18.0. The zero-order valence-electron chi connectivity index (χ0n) is 20.2. The average molecular weight is 527 g/mol. The molecule has 0 radical (unpaired) electrons. The van der Waals surface area contributed by atoms with Crippen LogP contribution in [0.5, 0.6) is 0 Å². The number of amides is 1. The van der Waals surface area contributed by atoms with Crippen LogP contribution in [0.15, 0.2) is 60.0 Å². The Morgan fingerprint density at radius 3 is 2.43 bits per heavy atom. The number of nitrogens with one attached hydrogen (secondary N) is 2. The molecule has 1 amide bonds. The van der Waals surface area contributed by atoms with E-state index >= 15 is 0 Å². The van der Waals surface area contributed by atoms with Gasteiger partial charge in [-0.15, -0.1) is 0 Å². The van der Waals surface area contributed by atoms with Crippen molar-refractivity contribution in [3.8, 4) is 0 Å². The molecule has 0 unspecified atom stereocenters. The molecule has 1 aliphatic rings. The van der Waals surface area contributed by atoms with Gasteiger partial charge in [0.05, 0.1) is 18.8 Å². The van der Waals surface area contributed by atoms with E-state index in [1.807, 2.05) is 48.5 Å². The van der Waals surface area contributed by atoms with Crippen LogP contribution < -0.4 is 5.32 Å². The normalized spacial score (nSPS) is 19.4. The largest absolute Gasteiger partial charge is 0.481 e. The monoisotopic (exact) mass is 526 g/mol. The summed E-state index contributed by atoms with van der Waals surface area (Å²) in [6.45, 7) is 0.345. The van der Waals surface area contributed by atoms with E-state index in [-0.39, 0.29) is 37.6 Å². The molecule has 1 saturated heterocycles. The Hall–Kier alpha value is -3.25. The molecule has 1 fully saturated rings. The summed E-state index contributed by atoms with van der Waals surface area (Å²) in [5.41, 5.74) is 3.64. The molecule has 0 saturated carbocycles. The van der Waals surface area contributed by atoms with E-state index in [0.717, 1.165) is 27.4 Å². The zero-order valence-corrected chi connectivity index (χ0v) is 21.0. The number of ether oxygens (including phenoxy) is 2. The molecule has 2 aromatic carbocycles. The number of hydrogen-bond donors (Lipinski definition) is 4. The summed E-state index contributed by atoms with van der Waals surface area (Å²) < 4.78 is 12.7. The number of thioether (sulfide) groups is 1. The van der Waals surface area contributed by atoms with Gasteiger partial charge in [0.1, 0.15) is 6.33 Å². The number of aliphatic hydroxyl groups is 1. The summed E-state index contributed by atoms with van der Waals surface area (Å²) in [6.07, 6.45) is 1.77. The van der Waals surface area contributed by atoms with Crippen LogP contribution in [-0.4, -0.2) is 49.1 Å². The highest BCUT2D eigenvalue weighted by Crippen LogP contribution is 2.39. The van der Waals surface area contributed by atoms with Crippen LogP contribution in [0.2, 0.25) is 0 Å². The lowest BCUT2D eigenvalue weighted by molar-refractivity contribution is -0.245. The van der Waals surface area contributed by atoms with Crippen molar-refractivity contribution in [2.75, 3.05) is 5.75 Å². The third-order valence-corrected chi connectivity index (χ3v) is 6.96. The van der Waals surface area contributed by atoms with Crippen LogP contribution in [0.4, 0.5) is 0 Å². The van der Waals surface area contributed by atoms with Gasteiger partial charge in [-0.05, 0) is 23.1 Å². The van der Waals surface area contributed by atoms with Crippen LogP contribution in [0.1, 0.15) is 60.3 Å². The minimum Gasteiger partial charge on any atom is -0.481 e. The Bertz CT molecular complexity index is 1140. The van der Waals surface area contributed by atoms with Crippen molar-refractivity contribution in [2.24, 2.45) is 0 Å². The second kappa shape index (κ2) is 13.3. The Morgan fingerprint density at radius 1 is 1.03 bits per heavy atom. The second-order valence-electron chi connectivity index (χ2n) is 8.72. The molecular weight excluding hydrogens is 496 g/mol. The van der Waals surface area contributed by atoms with Crippen LogP contribution in [-0.2, 0) is 32.2 Å². The fraction of sp³-hybridized carbons (Fsp3) is 0.385. The first-order valence-electron chi connectivity index (χ1n) is 12.1. The number of aromatic amines is 1. The molecule has 10 nitrogen and oxygen atoms in total. The van der Waals surface area contributed by atoms with E-state index in [1.54, 1.807) is 0 Å². The first kappa shape index (κ1) is 26.8. The number of aromatic nitrogens is 3. The number of carboxylic acids is 1. The number of aliphatic carboxylic acids is 1. The Morgan fingerprint density at radius 2 is 1.76 bits per heavy atom. The number of aliphatic hydroxyl groups excluding tert-OH is 1. The molecule has 2 heterocycles. The van der Waals surface area contributed by atoms with Gasteiger partial charge in [0.2, 0.25) is 5.91 Å². The summed E-state index contributed by atoms with van der Waals surface area (Å²) in [6, 6.07) is 15.4. The van der Waals surface area contributed by atoms with Gasteiger partial charge in [-0.2, -0.15) is 5.10 Å². The highest BCUT2D eigenvalue weighted by atomic mass is 32.2. The zero-order chi connectivity index (χ0) is 26.0. The topological polar surface area (TPSA) is 147 Å². The van der Waals surface area contributed by atoms with Gasteiger partial charge in [0.15, 0.2) is 11.4 Å². The minimum absolute atomic E-state index is 0.0108. The maximum absolute atomic E-state index is 11.9. The van der Waals surface area contributed by atoms with Crippen molar-refractivity contribution < 1.29 is 29.3 Å². The van der Waals surface area contributed by atoms with Crippen molar-refractivity contribution in [2.45, 2.75) is 62.5 Å². The van der Waals surface area contributed by atoms with Crippen molar-refractivity contribution >= 4 is 23.6 Å². The molecule has 196 valence electrons. The Kier molecular flexibility index (Phi) is 9.66. The van der Waals surface area contributed by atoms with E-state index < -0.39 is 12.3 Å². The van der Waals surface area contributed by atoms with Crippen LogP contribution >= 0.6 is 11.8 Å². The maximum atomic E-state index is 11.9. The van der Waals surface area contributed by atoms with Gasteiger partial charge in [-0.25, -0.2) is 4.98 Å². The van der Waals surface area contributed by atoms with Gasteiger partial charge in [0.25, 0.3) is 0 Å². The summed E-state index contributed by atoms with van der Waals surface area (Å²) in [7, 11) is 0. The number of nitrogens with zero attached hydrogens (tertiary/aromatic N) is 2. The van der Waals surface area contributed by atoms with Crippen molar-refractivity contribution in [3.05, 3.63) is 77.1 Å². The van der Waals surface area contributed by atoms with Crippen molar-refractivity contribution in [1.82, 2.24) is 20.5 Å². The standard InChI is InChI=1S/C26H30N4O6S/c31-14-18-6-8-19(9-7-18)22-12-21(15-37-26-28-16-29-30-26)35-25(36-22)20-10-4-17(5-11-20)13-27-23(32)2-1-3-24(33)34/h4-11,16,21-22,25,31H,1-3,12-15H2,(H,27,32)(H,33,34)(H,28,29,30)/t21-,22+,25+/m0/s1. The maximum Gasteiger partial charge on any atom is 0.303 e. The van der Waals surface area contributed by atoms with E-state index in [0.29, 0.717) is 25.1 Å². The third-order valence-electron chi connectivity index (χ3n) is 5.95. The summed E-state index contributed by atoms with van der Waals surface area (Å²) >= 11 is 1.54. The first-order valence-corrected chi connectivity index (χ1v) is 13.0. The number of rotatable bonds is 12. The lowest BCUT2D eigenvalue weighted by Crippen LogP contribution is -2.31. The summed E-state index contributed by atoms with van der Waals surface area (Å²) in [5.74, 6) is -0.406. The molecule has 3 aromatic rings. The smallest absolute Gasteiger partial charge is 0.303 e. The number of benzene rings is 2.